The number of carbonyl (C=O) groups is 1. The van der Waals surface area contributed by atoms with Crippen LogP contribution in [0.2, 0.25) is 0 Å². The SMILES string of the molecule is Cc1cccc(CC(=O)Nc2cccc3c(=O)n(CCN(C)C)ccc23)c1. The number of hydrogen-bond donors (Lipinski definition) is 1. The van der Waals surface area contributed by atoms with Crippen LogP contribution in [0, 0.1) is 6.92 Å². The molecule has 1 heterocycles. The summed E-state index contributed by atoms with van der Waals surface area (Å²) in [6.07, 6.45) is 2.10. The Bertz CT molecular complexity index is 1020. The minimum Gasteiger partial charge on any atom is -0.325 e. The highest BCUT2D eigenvalue weighted by Gasteiger charge is 2.10. The number of pyridine rings is 1. The van der Waals surface area contributed by atoms with Crippen molar-refractivity contribution < 1.29 is 4.79 Å². The Morgan fingerprint density at radius 3 is 2.59 bits per heavy atom. The Labute approximate surface area is 159 Å². The summed E-state index contributed by atoms with van der Waals surface area (Å²) in [5.41, 5.74) is 2.73. The summed E-state index contributed by atoms with van der Waals surface area (Å²) < 4.78 is 1.71. The Balaban J connectivity index is 1.83. The van der Waals surface area contributed by atoms with Crippen molar-refractivity contribution in [3.05, 3.63) is 76.2 Å². The molecule has 1 amide bonds. The first kappa shape index (κ1) is 18.9. The van der Waals surface area contributed by atoms with Crippen LogP contribution in [-0.2, 0) is 17.8 Å². The number of nitrogens with one attached hydrogen (secondary N) is 1. The number of fused-ring (bicyclic) bond motifs is 1. The van der Waals surface area contributed by atoms with E-state index in [0.29, 0.717) is 24.0 Å². The maximum Gasteiger partial charge on any atom is 0.258 e. The van der Waals surface area contributed by atoms with Gasteiger partial charge in [-0.3, -0.25) is 9.59 Å². The van der Waals surface area contributed by atoms with Gasteiger partial charge in [0.05, 0.1) is 6.42 Å². The molecule has 3 rings (SSSR count). The van der Waals surface area contributed by atoms with Gasteiger partial charge in [0.2, 0.25) is 5.91 Å². The highest BCUT2D eigenvalue weighted by atomic mass is 16.1. The van der Waals surface area contributed by atoms with Crippen molar-refractivity contribution in [1.29, 1.82) is 0 Å². The molecule has 1 N–H and O–H groups in total. The molecule has 27 heavy (non-hydrogen) atoms. The zero-order valence-electron chi connectivity index (χ0n) is 16.0. The van der Waals surface area contributed by atoms with Gasteiger partial charge in [0.25, 0.3) is 5.56 Å². The summed E-state index contributed by atoms with van der Waals surface area (Å²) in [5.74, 6) is -0.0927. The summed E-state index contributed by atoms with van der Waals surface area (Å²) in [6, 6.07) is 15.3. The molecule has 140 valence electrons. The second kappa shape index (κ2) is 8.18. The highest BCUT2D eigenvalue weighted by molar-refractivity contribution is 6.02. The number of anilines is 1. The quantitative estimate of drug-likeness (QED) is 0.732. The average Bonchev–Trinajstić information content (AvgIpc) is 2.61. The van der Waals surface area contributed by atoms with E-state index >= 15 is 0 Å². The fourth-order valence-electron chi connectivity index (χ4n) is 3.11. The monoisotopic (exact) mass is 363 g/mol. The Morgan fingerprint density at radius 2 is 1.85 bits per heavy atom. The predicted molar refractivity (Wildman–Crippen MR) is 110 cm³/mol. The molecule has 3 aromatic rings. The molecule has 5 nitrogen and oxygen atoms in total. The first-order chi connectivity index (χ1) is 12.9. The molecule has 0 aliphatic carbocycles. The zero-order valence-corrected chi connectivity index (χ0v) is 16.0. The third-order valence-electron chi connectivity index (χ3n) is 4.53. The van der Waals surface area contributed by atoms with Crippen molar-refractivity contribution in [1.82, 2.24) is 9.47 Å². The van der Waals surface area contributed by atoms with E-state index in [4.69, 9.17) is 0 Å². The van der Waals surface area contributed by atoms with Gasteiger partial charge in [0.1, 0.15) is 0 Å². The van der Waals surface area contributed by atoms with Crippen molar-refractivity contribution in [2.45, 2.75) is 19.9 Å². The van der Waals surface area contributed by atoms with Gasteiger partial charge in [-0.2, -0.15) is 0 Å². The molecule has 0 spiro atoms. The van der Waals surface area contributed by atoms with Crippen LogP contribution >= 0.6 is 0 Å². The van der Waals surface area contributed by atoms with Crippen molar-refractivity contribution in [2.75, 3.05) is 26.0 Å². The number of hydrogen-bond acceptors (Lipinski definition) is 3. The van der Waals surface area contributed by atoms with Crippen molar-refractivity contribution in [3.8, 4) is 0 Å². The summed E-state index contributed by atoms with van der Waals surface area (Å²) >= 11 is 0. The number of amides is 1. The lowest BCUT2D eigenvalue weighted by Crippen LogP contribution is -2.26. The molecule has 0 aliphatic rings. The van der Waals surface area contributed by atoms with Crippen LogP contribution in [0.15, 0.2) is 59.5 Å². The number of likely N-dealkylation sites (N-methyl/N-ethyl adjacent to an activating group) is 1. The van der Waals surface area contributed by atoms with Crippen LogP contribution in [0.5, 0.6) is 0 Å². The largest absolute Gasteiger partial charge is 0.325 e. The number of aromatic nitrogens is 1. The minimum absolute atomic E-state index is 0.0378. The van der Waals surface area contributed by atoms with Crippen LogP contribution in [0.25, 0.3) is 10.8 Å². The second-order valence-corrected chi connectivity index (χ2v) is 7.10. The van der Waals surface area contributed by atoms with Crippen LogP contribution in [-0.4, -0.2) is 36.0 Å². The molecule has 0 aliphatic heterocycles. The van der Waals surface area contributed by atoms with Gasteiger partial charge in [-0.1, -0.05) is 35.9 Å². The van der Waals surface area contributed by atoms with Gasteiger partial charge >= 0.3 is 0 Å². The molecule has 0 atom stereocenters. The Hall–Kier alpha value is -2.92. The molecular formula is C22H25N3O2. The number of rotatable bonds is 6. The fraction of sp³-hybridized carbons (Fsp3) is 0.273. The molecule has 0 saturated heterocycles. The topological polar surface area (TPSA) is 54.3 Å². The van der Waals surface area contributed by atoms with E-state index in [1.807, 2.05) is 68.4 Å². The molecule has 1 aromatic heterocycles. The second-order valence-electron chi connectivity index (χ2n) is 7.10. The minimum atomic E-state index is -0.0927. The van der Waals surface area contributed by atoms with Gasteiger partial charge in [0, 0.05) is 35.7 Å². The smallest absolute Gasteiger partial charge is 0.258 e. The van der Waals surface area contributed by atoms with E-state index in [1.165, 1.54) is 0 Å². The molecular weight excluding hydrogens is 338 g/mol. The van der Waals surface area contributed by atoms with Crippen molar-refractivity contribution >= 4 is 22.4 Å². The lowest BCUT2D eigenvalue weighted by Gasteiger charge is -2.13. The van der Waals surface area contributed by atoms with Gasteiger partial charge in [-0.15, -0.1) is 0 Å². The van der Waals surface area contributed by atoms with Crippen LogP contribution < -0.4 is 10.9 Å². The Kier molecular flexibility index (Phi) is 5.72. The molecule has 0 bridgehead atoms. The van der Waals surface area contributed by atoms with Gasteiger partial charge in [-0.05, 0) is 44.8 Å². The molecule has 0 saturated carbocycles. The summed E-state index contributed by atoms with van der Waals surface area (Å²) in [4.78, 5) is 27.2. The molecule has 5 heteroatoms. The van der Waals surface area contributed by atoms with E-state index in [1.54, 1.807) is 16.8 Å². The van der Waals surface area contributed by atoms with Crippen LogP contribution in [0.4, 0.5) is 5.69 Å². The molecule has 0 fully saturated rings. The first-order valence-corrected chi connectivity index (χ1v) is 9.06. The van der Waals surface area contributed by atoms with E-state index in [-0.39, 0.29) is 11.5 Å². The highest BCUT2D eigenvalue weighted by Crippen LogP contribution is 2.21. The lowest BCUT2D eigenvalue weighted by molar-refractivity contribution is -0.115. The van der Waals surface area contributed by atoms with Crippen LogP contribution in [0.1, 0.15) is 11.1 Å². The molecule has 0 unspecified atom stereocenters. The first-order valence-electron chi connectivity index (χ1n) is 9.06. The van der Waals surface area contributed by atoms with E-state index < -0.39 is 0 Å². The van der Waals surface area contributed by atoms with E-state index in [0.717, 1.165) is 23.1 Å². The number of aryl methyl sites for hydroxylation is 1. The predicted octanol–water partition coefficient (Wildman–Crippen LogP) is 3.05. The van der Waals surface area contributed by atoms with Gasteiger partial charge < -0.3 is 14.8 Å². The maximum atomic E-state index is 12.7. The summed E-state index contributed by atoms with van der Waals surface area (Å²) in [6.45, 7) is 3.43. The van der Waals surface area contributed by atoms with Gasteiger partial charge in [0.15, 0.2) is 0 Å². The third-order valence-corrected chi connectivity index (χ3v) is 4.53. The fourth-order valence-corrected chi connectivity index (χ4v) is 3.11. The standard InChI is InChI=1S/C22H25N3O2/c1-16-6-4-7-17(14-16)15-21(26)23-20-9-5-8-19-18(20)10-11-25(22(19)27)13-12-24(2)3/h4-11,14H,12-13,15H2,1-3H3,(H,23,26). The van der Waals surface area contributed by atoms with Crippen molar-refractivity contribution in [2.24, 2.45) is 0 Å². The number of nitrogens with zero attached hydrogens (tertiary/aromatic N) is 2. The number of carbonyl (C=O) groups excluding carboxylic acids is 1. The van der Waals surface area contributed by atoms with E-state index in [2.05, 4.69) is 5.32 Å². The van der Waals surface area contributed by atoms with Gasteiger partial charge in [-0.25, -0.2) is 0 Å². The lowest BCUT2D eigenvalue weighted by atomic mass is 10.1. The average molecular weight is 363 g/mol. The third kappa shape index (κ3) is 4.63. The number of benzene rings is 2. The normalized spacial score (nSPS) is 11.1. The van der Waals surface area contributed by atoms with Crippen molar-refractivity contribution in [3.63, 3.8) is 0 Å². The molecule has 0 radical (unpaired) electrons. The van der Waals surface area contributed by atoms with E-state index in [9.17, 15) is 9.59 Å². The van der Waals surface area contributed by atoms with Crippen LogP contribution in [0.3, 0.4) is 0 Å². The summed E-state index contributed by atoms with van der Waals surface area (Å²) in [7, 11) is 3.96. The maximum absolute atomic E-state index is 12.7. The zero-order chi connectivity index (χ0) is 19.4. The molecule has 2 aromatic carbocycles. The summed E-state index contributed by atoms with van der Waals surface area (Å²) in [5, 5.41) is 4.33. The Morgan fingerprint density at radius 1 is 1.07 bits per heavy atom.